The van der Waals surface area contributed by atoms with Gasteiger partial charge >= 0.3 is 5.97 Å². The van der Waals surface area contributed by atoms with Gasteiger partial charge in [-0.2, -0.15) is 0 Å². The van der Waals surface area contributed by atoms with Gasteiger partial charge in [0, 0.05) is 34.7 Å². The summed E-state index contributed by atoms with van der Waals surface area (Å²) in [5.74, 6) is -1.62. The Morgan fingerprint density at radius 3 is 2.62 bits per heavy atom. The van der Waals surface area contributed by atoms with Crippen molar-refractivity contribution in [2.24, 2.45) is 23.2 Å². The Bertz CT molecular complexity index is 2060. The predicted molar refractivity (Wildman–Crippen MR) is 207 cm³/mol. The van der Waals surface area contributed by atoms with E-state index >= 15 is 0 Å². The maximum atomic E-state index is 14.8. The minimum atomic E-state index is -3.93. The van der Waals surface area contributed by atoms with Gasteiger partial charge < -0.3 is 14.4 Å². The molecule has 3 saturated carbocycles. The second kappa shape index (κ2) is 14.5. The number of ketones is 1. The van der Waals surface area contributed by atoms with E-state index in [4.69, 9.17) is 26.1 Å². The number of pyridine rings is 1. The number of benzene rings is 1. The molecule has 0 unspecified atom stereocenters. The molecule has 0 bridgehead atoms. The van der Waals surface area contributed by atoms with Crippen molar-refractivity contribution in [2.75, 3.05) is 13.2 Å². The summed E-state index contributed by atoms with van der Waals surface area (Å²) in [5.41, 5.74) is 0.349. The van der Waals surface area contributed by atoms with Gasteiger partial charge in [-0.1, -0.05) is 43.0 Å². The van der Waals surface area contributed by atoms with Crippen LogP contribution in [0.5, 0.6) is 5.75 Å². The molecule has 1 saturated heterocycles. The molecule has 4 fully saturated rings. The van der Waals surface area contributed by atoms with Crippen molar-refractivity contribution < 1.29 is 37.1 Å². The molecule has 13 heteroatoms. The summed E-state index contributed by atoms with van der Waals surface area (Å²) in [6, 6.07) is 4.66. The third-order valence-electron chi connectivity index (χ3n) is 13.5. The number of halogens is 1. The molecule has 1 N–H and O–H groups in total. The minimum absolute atomic E-state index is 0.0691. The normalized spacial score (nSPS) is 31.2. The zero-order valence-electron chi connectivity index (χ0n) is 31.9. The quantitative estimate of drug-likeness (QED) is 0.239. The first kappa shape index (κ1) is 38.4. The predicted octanol–water partition coefficient (Wildman–Crippen LogP) is 6.70. The number of amides is 2. The number of carbonyl (C=O) groups excluding carboxylic acids is 4. The lowest BCUT2D eigenvalue weighted by atomic mass is 9.85. The van der Waals surface area contributed by atoms with Gasteiger partial charge in [0.2, 0.25) is 21.8 Å². The maximum Gasteiger partial charge on any atom is 0.306 e. The van der Waals surface area contributed by atoms with Crippen molar-refractivity contribution in [3.05, 3.63) is 46.6 Å². The van der Waals surface area contributed by atoms with Crippen molar-refractivity contribution in [3.8, 4) is 5.75 Å². The number of rotatable bonds is 7. The van der Waals surface area contributed by atoms with Crippen molar-refractivity contribution in [1.29, 1.82) is 0 Å². The molecular formula is C42H52ClN3O8S. The Labute approximate surface area is 328 Å². The van der Waals surface area contributed by atoms with Crippen LogP contribution in [0.25, 0.3) is 10.9 Å². The van der Waals surface area contributed by atoms with Gasteiger partial charge in [0.15, 0.2) is 5.78 Å². The first-order valence-corrected chi connectivity index (χ1v) is 22.1. The molecule has 0 radical (unpaired) electrons. The highest BCUT2D eigenvalue weighted by molar-refractivity contribution is 7.91. The highest BCUT2D eigenvalue weighted by Crippen LogP contribution is 2.58. The van der Waals surface area contributed by atoms with Crippen LogP contribution in [0.4, 0.5) is 0 Å². The number of nitrogens with zero attached hydrogens (tertiary/aromatic N) is 2. The zero-order chi connectivity index (χ0) is 38.8. The fourth-order valence-electron chi connectivity index (χ4n) is 9.26. The summed E-state index contributed by atoms with van der Waals surface area (Å²) < 4.78 is 40.4. The number of ether oxygens (including phenoxy) is 2. The smallest absolute Gasteiger partial charge is 0.306 e. The van der Waals surface area contributed by atoms with Crippen LogP contribution in [-0.4, -0.2) is 71.4 Å². The summed E-state index contributed by atoms with van der Waals surface area (Å²) >= 11 is 6.40. The highest BCUT2D eigenvalue weighted by Gasteiger charge is 2.63. The van der Waals surface area contributed by atoms with Gasteiger partial charge in [-0.25, -0.2) is 13.4 Å². The van der Waals surface area contributed by atoms with Crippen LogP contribution in [0.15, 0.2) is 30.4 Å². The summed E-state index contributed by atoms with van der Waals surface area (Å²) in [7, 11) is -3.93. The Balaban J connectivity index is 1.11. The highest BCUT2D eigenvalue weighted by atomic mass is 35.5. The molecule has 8 rings (SSSR count). The number of esters is 1. The van der Waals surface area contributed by atoms with Gasteiger partial charge in [-0.3, -0.25) is 23.9 Å². The molecule has 5 atom stereocenters. The van der Waals surface area contributed by atoms with Crippen molar-refractivity contribution >= 4 is 56.1 Å². The van der Waals surface area contributed by atoms with E-state index < -0.39 is 49.6 Å². The Morgan fingerprint density at radius 2 is 1.87 bits per heavy atom. The summed E-state index contributed by atoms with van der Waals surface area (Å²) in [6.07, 6.45) is 13.2. The van der Waals surface area contributed by atoms with Crippen molar-refractivity contribution in [1.82, 2.24) is 14.6 Å². The largest absolute Gasteiger partial charge is 0.483 e. The average molecular weight is 794 g/mol. The van der Waals surface area contributed by atoms with Crippen LogP contribution in [0.1, 0.15) is 114 Å². The molecule has 3 aliphatic heterocycles. The molecule has 6 aliphatic rings. The Morgan fingerprint density at radius 1 is 1.07 bits per heavy atom. The maximum absolute atomic E-state index is 14.8. The molecule has 1 spiro atoms. The number of aryl methyl sites for hydroxylation is 2. The van der Waals surface area contributed by atoms with Crippen LogP contribution < -0.4 is 9.46 Å². The minimum Gasteiger partial charge on any atom is -0.483 e. The lowest BCUT2D eigenvalue weighted by molar-refractivity contribution is -0.152. The van der Waals surface area contributed by atoms with E-state index in [1.54, 1.807) is 11.8 Å². The van der Waals surface area contributed by atoms with Gasteiger partial charge in [0.25, 0.3) is 0 Å². The number of fused-ring (bicyclic) bond motifs is 5. The number of aromatic nitrogens is 1. The van der Waals surface area contributed by atoms with E-state index in [0.29, 0.717) is 67.5 Å². The van der Waals surface area contributed by atoms with Crippen LogP contribution in [-0.2, 0) is 40.4 Å². The summed E-state index contributed by atoms with van der Waals surface area (Å²) in [4.78, 5) is 63.3. The molecule has 1 aromatic carbocycles. The van der Waals surface area contributed by atoms with E-state index in [1.807, 2.05) is 37.3 Å². The van der Waals surface area contributed by atoms with Crippen LogP contribution in [0.3, 0.4) is 0 Å². The first-order valence-electron chi connectivity index (χ1n) is 20.2. The van der Waals surface area contributed by atoms with E-state index in [-0.39, 0.29) is 43.4 Å². The zero-order valence-corrected chi connectivity index (χ0v) is 33.4. The number of carbonyl (C=O) groups is 4. The van der Waals surface area contributed by atoms with Gasteiger partial charge in [0.05, 0.1) is 47.0 Å². The van der Waals surface area contributed by atoms with Crippen LogP contribution in [0, 0.1) is 30.1 Å². The monoisotopic (exact) mass is 793 g/mol. The van der Waals surface area contributed by atoms with E-state index in [1.165, 1.54) is 0 Å². The molecule has 2 aromatic rings. The molecule has 2 amide bonds. The standard InChI is InChI=1S/C42H52ClN3O8S/c1-26-37-31(32-20-30(43)13-14-33(32)44-26)15-16-41(54-37)22-34-35(47)23-42(39(50)45-55(51,52)40(2)17-18-40)21-29(42)12-7-5-3-4-6-11-28(38(49)46(34)25-41)19-36(48)53-24-27-9-8-10-27/h7,12-14,20,27-29,34H,3-6,8-11,15-19,21-25H2,1-2H3,(H,45,50)/b12-7-/t28-,29-,34+,41-,42-/m1/s1. The number of allylic oxidation sites excluding steroid dienone is 2. The fraction of sp³-hybridized carbons (Fsp3) is 0.643. The first-order chi connectivity index (χ1) is 26.2. The molecular weight excluding hydrogens is 742 g/mol. The number of nitrogens with one attached hydrogen (secondary N) is 1. The van der Waals surface area contributed by atoms with Gasteiger partial charge in [0.1, 0.15) is 11.4 Å². The number of Topliss-reactive ketones (excluding diaryl/α,β-unsaturated/α-hetero) is 1. The van der Waals surface area contributed by atoms with E-state index in [9.17, 15) is 27.6 Å². The number of hydrogen-bond donors (Lipinski definition) is 1. The van der Waals surface area contributed by atoms with E-state index in [0.717, 1.165) is 61.4 Å². The fourth-order valence-corrected chi connectivity index (χ4v) is 10.8. The van der Waals surface area contributed by atoms with Crippen molar-refractivity contribution in [2.45, 2.75) is 133 Å². The van der Waals surface area contributed by atoms with Crippen LogP contribution >= 0.6 is 11.6 Å². The Kier molecular flexibility index (Phi) is 10.1. The van der Waals surface area contributed by atoms with Gasteiger partial charge in [-0.15, -0.1) is 0 Å². The number of sulfonamides is 1. The molecule has 1 aromatic heterocycles. The molecule has 55 heavy (non-hydrogen) atoms. The van der Waals surface area contributed by atoms with Crippen molar-refractivity contribution in [3.63, 3.8) is 0 Å². The second-order valence-corrected chi connectivity index (χ2v) is 20.2. The summed E-state index contributed by atoms with van der Waals surface area (Å²) in [6.45, 7) is 4.02. The Hall–Kier alpha value is -3.51. The molecule has 3 aliphatic carbocycles. The average Bonchev–Trinajstić information content (AvgIpc) is 4.01. The second-order valence-electron chi connectivity index (χ2n) is 17.6. The summed E-state index contributed by atoms with van der Waals surface area (Å²) in [5, 5.41) is 1.49. The van der Waals surface area contributed by atoms with Crippen LogP contribution in [0.2, 0.25) is 5.02 Å². The molecule has 4 heterocycles. The third kappa shape index (κ3) is 7.42. The lowest BCUT2D eigenvalue weighted by Gasteiger charge is -2.36. The third-order valence-corrected chi connectivity index (χ3v) is 15.9. The molecule has 11 nitrogen and oxygen atoms in total. The van der Waals surface area contributed by atoms with Gasteiger partial charge in [-0.05, 0) is 108 Å². The molecule has 296 valence electrons. The lowest BCUT2D eigenvalue weighted by Crippen LogP contribution is -2.48. The SMILES string of the molecule is Cc1nc2ccc(Cl)cc2c2c1O[C@]1(CC2)C[C@H]2C(=O)C[C@]3(C(=O)NS(=O)(=O)C4(C)CC4)C[C@H]3/C=C\CCCCC[C@H](CC(=O)OCC3CCC3)C(=O)N2C1. The number of hydrogen-bond acceptors (Lipinski definition) is 9. The topological polar surface area (TPSA) is 149 Å². The van der Waals surface area contributed by atoms with E-state index in [2.05, 4.69) is 4.72 Å².